The highest BCUT2D eigenvalue weighted by molar-refractivity contribution is 5.80. The van der Waals surface area contributed by atoms with Crippen LogP contribution in [0, 0.1) is 0 Å². The summed E-state index contributed by atoms with van der Waals surface area (Å²) in [5.41, 5.74) is 0. The molecule has 0 bridgehead atoms. The summed E-state index contributed by atoms with van der Waals surface area (Å²) in [5.74, 6) is 0.460. The van der Waals surface area contributed by atoms with Gasteiger partial charge in [0.15, 0.2) is 5.96 Å². The van der Waals surface area contributed by atoms with Crippen LogP contribution in [0.15, 0.2) is 4.99 Å². The van der Waals surface area contributed by atoms with Crippen LogP contribution in [0.1, 0.15) is 20.3 Å². The molecular formula is C14H26F3N5O. The number of rotatable bonds is 5. The van der Waals surface area contributed by atoms with Crippen LogP contribution < -0.4 is 10.6 Å². The van der Waals surface area contributed by atoms with Gasteiger partial charge in [-0.3, -0.25) is 14.7 Å². The Balaban J connectivity index is 2.34. The first-order chi connectivity index (χ1) is 10.7. The molecule has 0 aromatic rings. The van der Waals surface area contributed by atoms with Crippen LogP contribution in [0.4, 0.5) is 13.2 Å². The van der Waals surface area contributed by atoms with E-state index in [1.165, 1.54) is 0 Å². The summed E-state index contributed by atoms with van der Waals surface area (Å²) in [6.07, 6.45) is -5.06. The molecule has 1 saturated heterocycles. The van der Waals surface area contributed by atoms with Gasteiger partial charge in [0.05, 0.1) is 13.0 Å². The van der Waals surface area contributed by atoms with Gasteiger partial charge in [0.25, 0.3) is 0 Å². The van der Waals surface area contributed by atoms with Crippen molar-refractivity contribution in [2.24, 2.45) is 4.99 Å². The lowest BCUT2D eigenvalue weighted by Crippen LogP contribution is -2.54. The lowest BCUT2D eigenvalue weighted by molar-refractivity contribution is -0.132. The van der Waals surface area contributed by atoms with E-state index < -0.39 is 12.6 Å². The molecule has 9 heteroatoms. The zero-order valence-electron chi connectivity index (χ0n) is 13.9. The molecule has 6 nitrogen and oxygen atoms in total. The molecule has 0 unspecified atom stereocenters. The van der Waals surface area contributed by atoms with Crippen molar-refractivity contribution in [2.45, 2.75) is 32.5 Å². The molecule has 1 amide bonds. The second kappa shape index (κ2) is 8.95. The third-order valence-electron chi connectivity index (χ3n) is 3.39. The van der Waals surface area contributed by atoms with E-state index in [2.05, 4.69) is 15.6 Å². The van der Waals surface area contributed by atoms with Gasteiger partial charge >= 0.3 is 6.18 Å². The minimum atomic E-state index is -4.17. The van der Waals surface area contributed by atoms with Gasteiger partial charge in [0.1, 0.15) is 0 Å². The number of alkyl halides is 3. The molecule has 0 radical (unpaired) electrons. The smallest absolute Gasteiger partial charge is 0.356 e. The Hall–Kier alpha value is -1.51. The van der Waals surface area contributed by atoms with E-state index >= 15 is 0 Å². The second-order valence-electron chi connectivity index (χ2n) is 5.82. The van der Waals surface area contributed by atoms with Crippen molar-refractivity contribution in [3.05, 3.63) is 0 Å². The molecule has 0 aromatic carbocycles. The van der Waals surface area contributed by atoms with Crippen LogP contribution in [0.3, 0.4) is 0 Å². The van der Waals surface area contributed by atoms with Gasteiger partial charge in [-0.15, -0.1) is 0 Å². The fourth-order valence-corrected chi connectivity index (χ4v) is 2.34. The Kier molecular flexibility index (Phi) is 7.60. The van der Waals surface area contributed by atoms with Gasteiger partial charge < -0.3 is 15.5 Å². The first-order valence-electron chi connectivity index (χ1n) is 7.75. The first kappa shape index (κ1) is 19.5. The fourth-order valence-electron chi connectivity index (χ4n) is 2.34. The maximum absolute atomic E-state index is 12.2. The van der Waals surface area contributed by atoms with Crippen LogP contribution in [0.2, 0.25) is 0 Å². The lowest BCUT2D eigenvalue weighted by atomic mass is 10.3. The number of amides is 1. The minimum Gasteiger partial charge on any atom is -0.356 e. The highest BCUT2D eigenvalue weighted by atomic mass is 19.4. The van der Waals surface area contributed by atoms with Crippen molar-refractivity contribution < 1.29 is 18.0 Å². The number of piperazine rings is 1. The molecule has 0 aliphatic carbocycles. The predicted molar refractivity (Wildman–Crippen MR) is 83.3 cm³/mol. The Morgan fingerprint density at radius 2 is 1.83 bits per heavy atom. The molecule has 0 aromatic heterocycles. The van der Waals surface area contributed by atoms with Crippen molar-refractivity contribution in [3.63, 3.8) is 0 Å². The lowest BCUT2D eigenvalue weighted by Gasteiger charge is -2.36. The average molecular weight is 337 g/mol. The van der Waals surface area contributed by atoms with Crippen molar-refractivity contribution in [3.8, 4) is 0 Å². The zero-order valence-corrected chi connectivity index (χ0v) is 13.9. The minimum absolute atomic E-state index is 0.0128. The van der Waals surface area contributed by atoms with Gasteiger partial charge in [-0.25, -0.2) is 0 Å². The van der Waals surface area contributed by atoms with Gasteiger partial charge in [0.2, 0.25) is 5.91 Å². The van der Waals surface area contributed by atoms with E-state index in [0.29, 0.717) is 38.7 Å². The molecule has 2 N–H and O–H groups in total. The maximum atomic E-state index is 12.2. The van der Waals surface area contributed by atoms with E-state index in [4.69, 9.17) is 0 Å². The highest BCUT2D eigenvalue weighted by Gasteiger charge is 2.27. The van der Waals surface area contributed by atoms with E-state index in [-0.39, 0.29) is 18.5 Å². The maximum Gasteiger partial charge on any atom is 0.390 e. The molecule has 23 heavy (non-hydrogen) atoms. The van der Waals surface area contributed by atoms with Gasteiger partial charge in [-0.2, -0.15) is 13.2 Å². The number of carbonyl (C=O) groups excluding carboxylic acids is 1. The number of carbonyl (C=O) groups is 1. The van der Waals surface area contributed by atoms with Crippen LogP contribution >= 0.6 is 0 Å². The van der Waals surface area contributed by atoms with Crippen LogP contribution in [-0.2, 0) is 4.79 Å². The van der Waals surface area contributed by atoms with Crippen LogP contribution in [0.25, 0.3) is 0 Å². The van der Waals surface area contributed by atoms with Crippen LogP contribution in [-0.4, -0.2) is 80.2 Å². The van der Waals surface area contributed by atoms with E-state index in [0.717, 1.165) is 0 Å². The highest BCUT2D eigenvalue weighted by Crippen LogP contribution is 2.18. The third kappa shape index (κ3) is 8.06. The molecule has 134 valence electrons. The largest absolute Gasteiger partial charge is 0.390 e. The Morgan fingerprint density at radius 1 is 1.22 bits per heavy atom. The summed E-state index contributed by atoms with van der Waals surface area (Å²) in [7, 11) is 1.55. The summed E-state index contributed by atoms with van der Waals surface area (Å²) < 4.78 is 36.5. The van der Waals surface area contributed by atoms with Crippen molar-refractivity contribution >= 4 is 11.9 Å². The number of guanidine groups is 1. The van der Waals surface area contributed by atoms with E-state index in [1.54, 1.807) is 7.05 Å². The van der Waals surface area contributed by atoms with Crippen molar-refractivity contribution in [1.29, 1.82) is 0 Å². The first-order valence-corrected chi connectivity index (χ1v) is 7.75. The summed E-state index contributed by atoms with van der Waals surface area (Å²) >= 11 is 0. The standard InChI is InChI=1S/C14H26F3N5O/c1-11(2)20-12(23)10-21-6-8-22(9-7-21)13(18-3)19-5-4-14(15,16)17/h11H,4-10H2,1-3H3,(H,18,19)(H,20,23). The number of aliphatic imine (C=N–C) groups is 1. The monoisotopic (exact) mass is 337 g/mol. The fraction of sp³-hybridized carbons (Fsp3) is 0.857. The van der Waals surface area contributed by atoms with Gasteiger partial charge in [-0.05, 0) is 13.8 Å². The van der Waals surface area contributed by atoms with E-state index in [9.17, 15) is 18.0 Å². The topological polar surface area (TPSA) is 60.0 Å². The number of nitrogens with one attached hydrogen (secondary N) is 2. The molecule has 1 fully saturated rings. The molecule has 0 atom stereocenters. The quantitative estimate of drug-likeness (QED) is 0.571. The molecule has 0 saturated carbocycles. The SMILES string of the molecule is CN=C(NCCC(F)(F)F)N1CCN(CC(=O)NC(C)C)CC1. The number of hydrogen-bond donors (Lipinski definition) is 2. The molecule has 1 aliphatic rings. The Morgan fingerprint density at radius 3 is 2.30 bits per heavy atom. The normalized spacial score (nSPS) is 17.5. The van der Waals surface area contributed by atoms with E-state index in [1.807, 2.05) is 23.6 Å². The predicted octanol–water partition coefficient (Wildman–Crippen LogP) is 0.656. The van der Waals surface area contributed by atoms with Crippen LogP contribution in [0.5, 0.6) is 0 Å². The van der Waals surface area contributed by atoms with Gasteiger partial charge in [0, 0.05) is 45.8 Å². The molecular weight excluding hydrogens is 311 g/mol. The van der Waals surface area contributed by atoms with Gasteiger partial charge in [-0.1, -0.05) is 0 Å². The second-order valence-corrected chi connectivity index (χ2v) is 5.82. The summed E-state index contributed by atoms with van der Waals surface area (Å²) in [4.78, 5) is 19.7. The third-order valence-corrected chi connectivity index (χ3v) is 3.39. The molecule has 0 spiro atoms. The van der Waals surface area contributed by atoms with Crippen molar-refractivity contribution in [1.82, 2.24) is 20.4 Å². The zero-order chi connectivity index (χ0) is 17.5. The Bertz CT molecular complexity index is 404. The number of halogens is 3. The number of hydrogen-bond acceptors (Lipinski definition) is 3. The summed E-state index contributed by atoms with van der Waals surface area (Å²) in [5, 5.41) is 5.58. The molecule has 1 rings (SSSR count). The average Bonchev–Trinajstić information content (AvgIpc) is 2.42. The molecule has 1 aliphatic heterocycles. The molecule has 1 heterocycles. The summed E-state index contributed by atoms with van der Waals surface area (Å²) in [6.45, 7) is 6.57. The number of nitrogens with zero attached hydrogens (tertiary/aromatic N) is 3. The Labute approximate surface area is 135 Å². The van der Waals surface area contributed by atoms with Crippen molar-refractivity contribution in [2.75, 3.05) is 46.3 Å². The summed E-state index contributed by atoms with van der Waals surface area (Å²) in [6, 6.07) is 0.112.